The number of halogens is 1. The maximum Gasteiger partial charge on any atom is 0.254 e. The quantitative estimate of drug-likeness (QED) is 0.914. The van der Waals surface area contributed by atoms with Crippen LogP contribution in [0, 0.1) is 5.82 Å². The second-order valence-electron chi connectivity index (χ2n) is 6.28. The Kier molecular flexibility index (Phi) is 4.84. The van der Waals surface area contributed by atoms with Gasteiger partial charge in [-0.1, -0.05) is 18.2 Å². The first-order valence-electron chi connectivity index (χ1n) is 8.34. The summed E-state index contributed by atoms with van der Waals surface area (Å²) in [5.74, 6) is -0.600. The van der Waals surface area contributed by atoms with E-state index in [1.807, 2.05) is 6.92 Å². The number of benzene rings is 2. The molecule has 4 heteroatoms. The standard InChI is InChI=1S/C20H22FNO2/c1-13(15-8-7-14-5-3-4-6-16(14)11-15)22-20(23)18-10-9-17(24-2)12-19(18)21/h7-13H,3-6H2,1-2H3,(H,22,23). The maximum atomic E-state index is 14.0. The average molecular weight is 327 g/mol. The Morgan fingerprint density at radius 1 is 1.12 bits per heavy atom. The Bertz CT molecular complexity index is 757. The lowest BCUT2D eigenvalue weighted by Crippen LogP contribution is -2.27. The molecule has 1 aliphatic rings. The highest BCUT2D eigenvalue weighted by Gasteiger charge is 2.17. The zero-order chi connectivity index (χ0) is 17.1. The number of nitrogens with one attached hydrogen (secondary N) is 1. The van der Waals surface area contributed by atoms with Crippen molar-refractivity contribution in [2.24, 2.45) is 0 Å². The summed E-state index contributed by atoms with van der Waals surface area (Å²) in [6.45, 7) is 1.92. The van der Waals surface area contributed by atoms with Crippen molar-refractivity contribution in [2.75, 3.05) is 7.11 Å². The lowest BCUT2D eigenvalue weighted by Gasteiger charge is -2.20. The number of aryl methyl sites for hydroxylation is 2. The summed E-state index contributed by atoms with van der Waals surface area (Å²) < 4.78 is 19.0. The van der Waals surface area contributed by atoms with Crippen molar-refractivity contribution in [3.05, 3.63) is 64.5 Å². The maximum absolute atomic E-state index is 14.0. The van der Waals surface area contributed by atoms with Gasteiger partial charge in [-0.3, -0.25) is 4.79 Å². The van der Waals surface area contributed by atoms with E-state index in [-0.39, 0.29) is 11.6 Å². The largest absolute Gasteiger partial charge is 0.497 e. The zero-order valence-corrected chi connectivity index (χ0v) is 14.1. The molecule has 3 nitrogen and oxygen atoms in total. The van der Waals surface area contributed by atoms with Crippen molar-refractivity contribution in [1.82, 2.24) is 5.32 Å². The summed E-state index contributed by atoms with van der Waals surface area (Å²) in [6.07, 6.45) is 4.69. The predicted molar refractivity (Wildman–Crippen MR) is 91.9 cm³/mol. The van der Waals surface area contributed by atoms with E-state index < -0.39 is 11.7 Å². The van der Waals surface area contributed by atoms with Gasteiger partial charge >= 0.3 is 0 Å². The molecule has 126 valence electrons. The molecule has 1 aliphatic carbocycles. The molecule has 0 aromatic heterocycles. The molecule has 24 heavy (non-hydrogen) atoms. The highest BCUT2D eigenvalue weighted by Crippen LogP contribution is 2.25. The molecule has 3 rings (SSSR count). The van der Waals surface area contributed by atoms with E-state index >= 15 is 0 Å². The first kappa shape index (κ1) is 16.5. The van der Waals surface area contributed by atoms with Crippen LogP contribution in [0.25, 0.3) is 0 Å². The van der Waals surface area contributed by atoms with Crippen molar-refractivity contribution in [3.8, 4) is 5.75 Å². The second kappa shape index (κ2) is 7.04. The fraction of sp³-hybridized carbons (Fsp3) is 0.350. The van der Waals surface area contributed by atoms with Crippen LogP contribution in [0.5, 0.6) is 5.75 Å². The van der Waals surface area contributed by atoms with E-state index in [1.165, 1.54) is 43.2 Å². The Balaban J connectivity index is 1.74. The molecule has 1 amide bonds. The van der Waals surface area contributed by atoms with Crippen molar-refractivity contribution < 1.29 is 13.9 Å². The van der Waals surface area contributed by atoms with Crippen LogP contribution in [0.2, 0.25) is 0 Å². The van der Waals surface area contributed by atoms with Gasteiger partial charge < -0.3 is 10.1 Å². The van der Waals surface area contributed by atoms with Gasteiger partial charge in [0.15, 0.2) is 0 Å². The van der Waals surface area contributed by atoms with Crippen LogP contribution >= 0.6 is 0 Å². The molecule has 0 fully saturated rings. The first-order chi connectivity index (χ1) is 11.6. The van der Waals surface area contributed by atoms with Gasteiger partial charge in [0.25, 0.3) is 5.91 Å². The molecule has 0 saturated heterocycles. The van der Waals surface area contributed by atoms with Crippen LogP contribution in [0.15, 0.2) is 36.4 Å². The number of rotatable bonds is 4. The Labute approximate surface area is 141 Å². The van der Waals surface area contributed by atoms with Crippen LogP contribution in [0.1, 0.15) is 52.9 Å². The number of carbonyl (C=O) groups is 1. The number of fused-ring (bicyclic) bond motifs is 1. The Morgan fingerprint density at radius 3 is 2.58 bits per heavy atom. The molecule has 0 aliphatic heterocycles. The minimum Gasteiger partial charge on any atom is -0.497 e. The van der Waals surface area contributed by atoms with E-state index in [0.29, 0.717) is 5.75 Å². The normalized spacial score (nSPS) is 14.6. The van der Waals surface area contributed by atoms with Gasteiger partial charge in [0.05, 0.1) is 18.7 Å². The predicted octanol–water partition coefficient (Wildman–Crippen LogP) is 4.20. The Hall–Kier alpha value is -2.36. The molecule has 1 atom stereocenters. The van der Waals surface area contributed by atoms with E-state index in [9.17, 15) is 9.18 Å². The van der Waals surface area contributed by atoms with Crippen LogP contribution in [0.4, 0.5) is 4.39 Å². The van der Waals surface area contributed by atoms with Crippen molar-refractivity contribution in [2.45, 2.75) is 38.6 Å². The highest BCUT2D eigenvalue weighted by atomic mass is 19.1. The van der Waals surface area contributed by atoms with Crippen molar-refractivity contribution in [1.29, 1.82) is 0 Å². The SMILES string of the molecule is COc1ccc(C(=O)NC(C)c2ccc3c(c2)CCCC3)c(F)c1. The molecule has 0 spiro atoms. The number of carbonyl (C=O) groups excluding carboxylic acids is 1. The fourth-order valence-corrected chi connectivity index (χ4v) is 3.19. The smallest absolute Gasteiger partial charge is 0.254 e. The van der Waals surface area contributed by atoms with Crippen molar-refractivity contribution >= 4 is 5.91 Å². The van der Waals surface area contributed by atoms with Gasteiger partial charge in [-0.05, 0) is 61.4 Å². The minimum absolute atomic E-state index is 0.0283. The van der Waals surface area contributed by atoms with Gasteiger partial charge in [0.1, 0.15) is 11.6 Å². The van der Waals surface area contributed by atoms with Crippen molar-refractivity contribution in [3.63, 3.8) is 0 Å². The van der Waals surface area contributed by atoms with Gasteiger partial charge in [0.2, 0.25) is 0 Å². The Morgan fingerprint density at radius 2 is 1.88 bits per heavy atom. The van der Waals surface area contributed by atoms with E-state index in [4.69, 9.17) is 4.74 Å². The van der Waals surface area contributed by atoms with Crippen LogP contribution in [-0.2, 0) is 12.8 Å². The first-order valence-corrected chi connectivity index (χ1v) is 8.34. The molecule has 0 bridgehead atoms. The number of hydrogen-bond donors (Lipinski definition) is 1. The molecular weight excluding hydrogens is 305 g/mol. The molecule has 2 aromatic rings. The molecule has 2 aromatic carbocycles. The summed E-state index contributed by atoms with van der Waals surface area (Å²) in [7, 11) is 1.46. The number of ether oxygens (including phenoxy) is 1. The number of methoxy groups -OCH3 is 1. The van der Waals surface area contributed by atoms with Gasteiger partial charge in [-0.2, -0.15) is 0 Å². The van der Waals surface area contributed by atoms with E-state index in [2.05, 4.69) is 23.5 Å². The van der Waals surface area contributed by atoms with Gasteiger partial charge in [0, 0.05) is 6.07 Å². The molecule has 1 N–H and O–H groups in total. The van der Waals surface area contributed by atoms with Crippen LogP contribution in [-0.4, -0.2) is 13.0 Å². The third-order valence-corrected chi connectivity index (χ3v) is 4.64. The number of hydrogen-bond acceptors (Lipinski definition) is 2. The highest BCUT2D eigenvalue weighted by molar-refractivity contribution is 5.94. The van der Waals surface area contributed by atoms with Gasteiger partial charge in [-0.25, -0.2) is 4.39 Å². The third-order valence-electron chi connectivity index (χ3n) is 4.64. The summed E-state index contributed by atoms with van der Waals surface area (Å²) in [5.41, 5.74) is 3.86. The minimum atomic E-state index is -0.579. The third kappa shape index (κ3) is 3.42. The van der Waals surface area contributed by atoms with Gasteiger partial charge in [-0.15, -0.1) is 0 Å². The average Bonchev–Trinajstić information content (AvgIpc) is 2.60. The molecule has 1 unspecified atom stereocenters. The monoisotopic (exact) mass is 327 g/mol. The van der Waals surface area contributed by atoms with E-state index in [1.54, 1.807) is 6.07 Å². The summed E-state index contributed by atoms with van der Waals surface area (Å²) in [4.78, 5) is 12.3. The summed E-state index contributed by atoms with van der Waals surface area (Å²) >= 11 is 0. The molecule has 0 heterocycles. The lowest BCUT2D eigenvalue weighted by molar-refractivity contribution is 0.0935. The summed E-state index contributed by atoms with van der Waals surface area (Å²) in [6, 6.07) is 10.5. The second-order valence-corrected chi connectivity index (χ2v) is 6.28. The van der Waals surface area contributed by atoms with Crippen LogP contribution < -0.4 is 10.1 Å². The lowest BCUT2D eigenvalue weighted by atomic mass is 9.89. The summed E-state index contributed by atoms with van der Waals surface area (Å²) in [5, 5.41) is 2.88. The fourth-order valence-electron chi connectivity index (χ4n) is 3.19. The molecule has 0 radical (unpaired) electrons. The molecule has 0 saturated carbocycles. The number of amides is 1. The topological polar surface area (TPSA) is 38.3 Å². The van der Waals surface area contributed by atoms with E-state index in [0.717, 1.165) is 18.4 Å². The zero-order valence-electron chi connectivity index (χ0n) is 14.1. The molecular formula is C20H22FNO2. The van der Waals surface area contributed by atoms with Crippen LogP contribution in [0.3, 0.4) is 0 Å².